The zero-order valence-electron chi connectivity index (χ0n) is 17.0. The highest BCUT2D eigenvalue weighted by Gasteiger charge is 2.36. The first kappa shape index (κ1) is 21.4. The highest BCUT2D eigenvalue weighted by molar-refractivity contribution is 7.92. The van der Waals surface area contributed by atoms with E-state index in [1.54, 1.807) is 55.5 Å². The van der Waals surface area contributed by atoms with Crippen LogP contribution in [0.4, 0.5) is 14.5 Å². The second kappa shape index (κ2) is 8.03. The number of hydrogen-bond acceptors (Lipinski definition) is 4. The maximum atomic E-state index is 13.6. The lowest BCUT2D eigenvalue weighted by atomic mass is 9.92. The van der Waals surface area contributed by atoms with Crippen LogP contribution in [0.15, 0.2) is 53.3 Å². The van der Waals surface area contributed by atoms with Gasteiger partial charge in [-0.25, -0.2) is 21.9 Å². The summed E-state index contributed by atoms with van der Waals surface area (Å²) >= 11 is 0. The summed E-state index contributed by atoms with van der Waals surface area (Å²) in [4.78, 5) is 13.1. The van der Waals surface area contributed by atoms with Crippen molar-refractivity contribution in [3.05, 3.63) is 58.9 Å². The van der Waals surface area contributed by atoms with E-state index in [9.17, 15) is 22.0 Å². The number of aromatic nitrogens is 2. The number of sulfonamides is 1. The molecule has 0 amide bonds. The summed E-state index contributed by atoms with van der Waals surface area (Å²) in [6, 6.07) is 13.4. The molecular formula is C22H23F2N3O3S. The fraction of sp³-hybridized carbons (Fsp3) is 0.364. The number of fused-ring (bicyclic) bond motifs is 1. The third kappa shape index (κ3) is 4.46. The van der Waals surface area contributed by atoms with Gasteiger partial charge in [-0.1, -0.05) is 30.3 Å². The number of benzene rings is 2. The molecule has 1 heterocycles. The molecule has 0 unspecified atom stereocenters. The standard InChI is InChI=1S/C22H23F2N3O3S/c1-2-31(29,30)26-16-7-5-6-15(14-16)20-18-8-3-4-9-19(18)21(28)27(25-20)17-10-12-22(23,24)13-11-17/h3-9,14,17,26H,2,10-13H2,1H3. The molecule has 0 bridgehead atoms. The Kier molecular flexibility index (Phi) is 5.55. The molecule has 1 aliphatic rings. The van der Waals surface area contributed by atoms with Gasteiger partial charge in [0.05, 0.1) is 22.9 Å². The topological polar surface area (TPSA) is 81.1 Å². The third-order valence-corrected chi connectivity index (χ3v) is 6.96. The number of nitrogens with zero attached hydrogens (tertiary/aromatic N) is 2. The van der Waals surface area contributed by atoms with Crippen LogP contribution in [0.2, 0.25) is 0 Å². The van der Waals surface area contributed by atoms with Gasteiger partial charge in [-0.2, -0.15) is 5.10 Å². The third-order valence-electron chi connectivity index (χ3n) is 5.65. The molecule has 0 aliphatic heterocycles. The molecule has 1 aliphatic carbocycles. The highest BCUT2D eigenvalue weighted by Crippen LogP contribution is 2.38. The number of halogens is 2. The first-order valence-electron chi connectivity index (χ1n) is 10.2. The molecular weight excluding hydrogens is 424 g/mol. The summed E-state index contributed by atoms with van der Waals surface area (Å²) in [5.74, 6) is -2.76. The van der Waals surface area contributed by atoms with Gasteiger partial charge in [0, 0.05) is 29.5 Å². The van der Waals surface area contributed by atoms with Gasteiger partial charge in [-0.05, 0) is 38.0 Å². The fourth-order valence-electron chi connectivity index (χ4n) is 3.92. The van der Waals surface area contributed by atoms with Gasteiger partial charge in [0.1, 0.15) is 0 Å². The van der Waals surface area contributed by atoms with Gasteiger partial charge in [-0.3, -0.25) is 9.52 Å². The van der Waals surface area contributed by atoms with E-state index < -0.39 is 22.0 Å². The van der Waals surface area contributed by atoms with E-state index in [1.165, 1.54) is 4.68 Å². The van der Waals surface area contributed by atoms with Crippen molar-refractivity contribution < 1.29 is 17.2 Å². The van der Waals surface area contributed by atoms with Crippen molar-refractivity contribution in [2.24, 2.45) is 0 Å². The van der Waals surface area contributed by atoms with Gasteiger partial charge >= 0.3 is 0 Å². The fourth-order valence-corrected chi connectivity index (χ4v) is 4.55. The minimum atomic E-state index is -3.45. The van der Waals surface area contributed by atoms with Crippen LogP contribution < -0.4 is 10.3 Å². The second-order valence-electron chi connectivity index (χ2n) is 7.82. The van der Waals surface area contributed by atoms with Crippen molar-refractivity contribution >= 4 is 26.5 Å². The first-order chi connectivity index (χ1) is 14.7. The SMILES string of the molecule is CCS(=O)(=O)Nc1cccc(-c2nn(C3CCC(F)(F)CC3)c(=O)c3ccccc23)c1. The number of rotatable bonds is 5. The van der Waals surface area contributed by atoms with Crippen molar-refractivity contribution in [1.82, 2.24) is 9.78 Å². The molecule has 0 atom stereocenters. The molecule has 1 N–H and O–H groups in total. The zero-order valence-corrected chi connectivity index (χ0v) is 17.8. The van der Waals surface area contributed by atoms with Crippen LogP contribution in [0.25, 0.3) is 22.0 Å². The Morgan fingerprint density at radius 3 is 2.45 bits per heavy atom. The Morgan fingerprint density at radius 2 is 1.77 bits per heavy atom. The Hall–Kier alpha value is -2.81. The van der Waals surface area contributed by atoms with E-state index in [0.717, 1.165) is 0 Å². The van der Waals surface area contributed by atoms with Gasteiger partial charge in [0.25, 0.3) is 5.56 Å². The molecule has 1 aromatic heterocycles. The summed E-state index contributed by atoms with van der Waals surface area (Å²) in [6.07, 6.45) is -0.202. The second-order valence-corrected chi connectivity index (χ2v) is 9.83. The summed E-state index contributed by atoms with van der Waals surface area (Å²) in [6.45, 7) is 1.55. The largest absolute Gasteiger partial charge is 0.284 e. The molecule has 4 rings (SSSR count). The Balaban J connectivity index is 1.83. The molecule has 2 aromatic carbocycles. The minimum absolute atomic E-state index is 0.0599. The van der Waals surface area contributed by atoms with Crippen LogP contribution in [0.1, 0.15) is 38.6 Å². The zero-order chi connectivity index (χ0) is 22.2. The predicted octanol–water partition coefficient (Wildman–Crippen LogP) is 4.58. The minimum Gasteiger partial charge on any atom is -0.284 e. The van der Waals surface area contributed by atoms with Crippen molar-refractivity contribution in [3.63, 3.8) is 0 Å². The highest BCUT2D eigenvalue weighted by atomic mass is 32.2. The average Bonchev–Trinajstić information content (AvgIpc) is 2.74. The van der Waals surface area contributed by atoms with Crippen LogP contribution >= 0.6 is 0 Å². The van der Waals surface area contributed by atoms with E-state index in [-0.39, 0.29) is 37.0 Å². The van der Waals surface area contributed by atoms with Gasteiger partial charge in [-0.15, -0.1) is 0 Å². The Labute approximate surface area is 179 Å². The van der Waals surface area contributed by atoms with Gasteiger partial charge < -0.3 is 0 Å². The number of anilines is 1. The molecule has 164 valence electrons. The number of hydrogen-bond donors (Lipinski definition) is 1. The lowest BCUT2D eigenvalue weighted by Crippen LogP contribution is -2.33. The molecule has 1 fully saturated rings. The summed E-state index contributed by atoms with van der Waals surface area (Å²) in [7, 11) is -3.45. The molecule has 9 heteroatoms. The van der Waals surface area contributed by atoms with Crippen molar-refractivity contribution in [3.8, 4) is 11.3 Å². The molecule has 0 spiro atoms. The number of nitrogens with one attached hydrogen (secondary N) is 1. The van der Waals surface area contributed by atoms with Crippen LogP contribution in [-0.4, -0.2) is 29.9 Å². The van der Waals surface area contributed by atoms with E-state index >= 15 is 0 Å². The summed E-state index contributed by atoms with van der Waals surface area (Å²) < 4.78 is 55.0. The van der Waals surface area contributed by atoms with Crippen LogP contribution in [0.5, 0.6) is 0 Å². The van der Waals surface area contributed by atoms with Crippen molar-refractivity contribution in [2.75, 3.05) is 10.5 Å². The van der Waals surface area contributed by atoms with Crippen LogP contribution in [0, 0.1) is 0 Å². The normalized spacial score (nSPS) is 17.0. The van der Waals surface area contributed by atoms with E-state index in [2.05, 4.69) is 9.82 Å². The molecule has 3 aromatic rings. The maximum Gasteiger partial charge on any atom is 0.274 e. The molecule has 31 heavy (non-hydrogen) atoms. The van der Waals surface area contributed by atoms with E-state index in [0.29, 0.717) is 27.7 Å². The summed E-state index contributed by atoms with van der Waals surface area (Å²) in [5.41, 5.74) is 1.21. The van der Waals surface area contributed by atoms with Gasteiger partial charge in [0.15, 0.2) is 0 Å². The monoisotopic (exact) mass is 447 g/mol. The smallest absolute Gasteiger partial charge is 0.274 e. The summed E-state index contributed by atoms with van der Waals surface area (Å²) in [5, 5.41) is 5.66. The van der Waals surface area contributed by atoms with E-state index in [4.69, 9.17) is 0 Å². The molecule has 6 nitrogen and oxygen atoms in total. The van der Waals surface area contributed by atoms with Crippen molar-refractivity contribution in [1.29, 1.82) is 0 Å². The number of alkyl halides is 2. The van der Waals surface area contributed by atoms with E-state index in [1.807, 2.05) is 0 Å². The first-order valence-corrected chi connectivity index (χ1v) is 11.8. The molecule has 0 saturated heterocycles. The lowest BCUT2D eigenvalue weighted by molar-refractivity contribution is -0.0453. The predicted molar refractivity (Wildman–Crippen MR) is 117 cm³/mol. The van der Waals surface area contributed by atoms with Crippen LogP contribution in [-0.2, 0) is 10.0 Å². The van der Waals surface area contributed by atoms with Crippen LogP contribution in [0.3, 0.4) is 0 Å². The Morgan fingerprint density at radius 1 is 1.10 bits per heavy atom. The van der Waals surface area contributed by atoms with Gasteiger partial charge in [0.2, 0.25) is 15.9 Å². The lowest BCUT2D eigenvalue weighted by Gasteiger charge is -2.29. The average molecular weight is 448 g/mol. The quantitative estimate of drug-likeness (QED) is 0.621. The molecule has 0 radical (unpaired) electrons. The molecule has 1 saturated carbocycles. The maximum absolute atomic E-state index is 13.6. The Bertz CT molecular complexity index is 1280. The van der Waals surface area contributed by atoms with Crippen molar-refractivity contribution in [2.45, 2.75) is 44.6 Å².